The lowest BCUT2D eigenvalue weighted by molar-refractivity contribution is -0.0261. The number of rotatable bonds is 5. The molecule has 2 aliphatic heterocycles. The number of carbonyl (C=O) groups excluding carboxylic acids is 1. The average Bonchev–Trinajstić information content (AvgIpc) is 3.36. The molecule has 32 heavy (non-hydrogen) atoms. The number of nitrogens with zero attached hydrogens (tertiary/aromatic N) is 2. The molecule has 1 aromatic carbocycles. The number of carbonyl (C=O) groups is 1. The van der Waals surface area contributed by atoms with Gasteiger partial charge in [0.25, 0.3) is 5.91 Å². The normalized spacial score (nSPS) is 20.5. The van der Waals surface area contributed by atoms with E-state index in [0.717, 1.165) is 41.9 Å². The second-order valence-electron chi connectivity index (χ2n) is 8.28. The van der Waals surface area contributed by atoms with Crippen LogP contribution in [0.25, 0.3) is 11.3 Å². The molecule has 1 saturated heterocycles. The van der Waals surface area contributed by atoms with Crippen LogP contribution < -0.4 is 10.6 Å². The highest BCUT2D eigenvalue weighted by Gasteiger charge is 2.27. The van der Waals surface area contributed by atoms with E-state index in [4.69, 9.17) is 4.74 Å². The summed E-state index contributed by atoms with van der Waals surface area (Å²) in [6, 6.07) is 10.1. The van der Waals surface area contributed by atoms with E-state index < -0.39 is 6.10 Å². The molecule has 166 valence electrons. The van der Waals surface area contributed by atoms with Crippen molar-refractivity contribution >= 4 is 17.2 Å². The van der Waals surface area contributed by atoms with Crippen molar-refractivity contribution in [2.24, 2.45) is 0 Å². The molecule has 3 N–H and O–H groups in total. The molecule has 0 saturated carbocycles. The highest BCUT2D eigenvalue weighted by atomic mass is 32.1. The number of pyridine rings is 1. The zero-order valence-corrected chi connectivity index (χ0v) is 18.5. The molecule has 2 aromatic heterocycles. The molecule has 2 aliphatic rings. The van der Waals surface area contributed by atoms with Gasteiger partial charge in [-0.05, 0) is 48.6 Å². The first kappa shape index (κ1) is 21.2. The molecule has 0 bridgehead atoms. The predicted molar refractivity (Wildman–Crippen MR) is 123 cm³/mol. The number of fused-ring (bicyclic) bond motifs is 1. The highest BCUT2D eigenvalue weighted by molar-refractivity contribution is 7.07. The van der Waals surface area contributed by atoms with E-state index in [1.54, 1.807) is 11.3 Å². The van der Waals surface area contributed by atoms with Crippen molar-refractivity contribution in [1.82, 2.24) is 20.6 Å². The number of amides is 1. The van der Waals surface area contributed by atoms with Crippen LogP contribution in [-0.2, 0) is 24.1 Å². The van der Waals surface area contributed by atoms with Gasteiger partial charge in [0.1, 0.15) is 5.69 Å². The lowest BCUT2D eigenvalue weighted by Gasteiger charge is -2.28. The molecule has 1 amide bonds. The van der Waals surface area contributed by atoms with Crippen molar-refractivity contribution in [3.63, 3.8) is 0 Å². The van der Waals surface area contributed by atoms with E-state index in [0.29, 0.717) is 25.3 Å². The van der Waals surface area contributed by atoms with Gasteiger partial charge >= 0.3 is 0 Å². The number of aliphatic hydroxyl groups is 1. The van der Waals surface area contributed by atoms with E-state index in [9.17, 15) is 9.90 Å². The number of aliphatic hydroxyl groups excluding tert-OH is 1. The summed E-state index contributed by atoms with van der Waals surface area (Å²) in [4.78, 5) is 22.0. The summed E-state index contributed by atoms with van der Waals surface area (Å²) in [6.45, 7) is 2.34. The van der Waals surface area contributed by atoms with Crippen molar-refractivity contribution in [3.8, 4) is 11.3 Å². The van der Waals surface area contributed by atoms with Crippen LogP contribution in [0.2, 0.25) is 0 Å². The van der Waals surface area contributed by atoms with Crippen LogP contribution in [0.15, 0.2) is 41.2 Å². The fourth-order valence-corrected chi connectivity index (χ4v) is 4.89. The third-order valence-corrected chi connectivity index (χ3v) is 6.69. The molecule has 7 nitrogen and oxygen atoms in total. The molecule has 1 fully saturated rings. The minimum Gasteiger partial charge on any atom is -0.389 e. The van der Waals surface area contributed by atoms with Crippen LogP contribution in [0.3, 0.4) is 0 Å². The van der Waals surface area contributed by atoms with Crippen molar-refractivity contribution in [1.29, 1.82) is 0 Å². The number of thiazole rings is 1. The zero-order valence-electron chi connectivity index (χ0n) is 17.7. The van der Waals surface area contributed by atoms with Crippen LogP contribution in [-0.4, -0.2) is 52.9 Å². The number of aromatic nitrogens is 2. The Morgan fingerprint density at radius 2 is 2.19 bits per heavy atom. The minimum atomic E-state index is -0.692. The third kappa shape index (κ3) is 4.59. The maximum Gasteiger partial charge on any atom is 0.270 e. The fourth-order valence-electron chi connectivity index (χ4n) is 4.33. The summed E-state index contributed by atoms with van der Waals surface area (Å²) < 4.78 is 5.26. The maximum atomic E-state index is 13.0. The van der Waals surface area contributed by atoms with Gasteiger partial charge in [0.15, 0.2) is 0 Å². The molecule has 0 aliphatic carbocycles. The summed E-state index contributed by atoms with van der Waals surface area (Å²) in [6.07, 6.45) is 1.54. The Kier molecular flexibility index (Phi) is 6.27. The van der Waals surface area contributed by atoms with E-state index in [1.807, 2.05) is 17.0 Å². The lowest BCUT2D eigenvalue weighted by Crippen LogP contribution is -2.49. The van der Waals surface area contributed by atoms with Crippen LogP contribution in [0.1, 0.15) is 39.3 Å². The standard InChI is InChI=1S/C24H26N4O3S/c29-23-12-31-8-6-19(23)28-24(30)20-10-17(18-5-7-25-11-21(18)27-20)9-15-1-3-16(4-2-15)22-13-32-14-26-22/h1-4,10,13-14,19,23,25,29H,5-9,11-12H2,(H,28,30)/t19-,23-/m1/s1. The van der Waals surface area contributed by atoms with Gasteiger partial charge in [-0.3, -0.25) is 4.79 Å². The molecule has 8 heteroatoms. The van der Waals surface area contributed by atoms with Gasteiger partial charge in [-0.1, -0.05) is 24.3 Å². The number of hydrogen-bond donors (Lipinski definition) is 3. The largest absolute Gasteiger partial charge is 0.389 e. The zero-order chi connectivity index (χ0) is 21.9. The van der Waals surface area contributed by atoms with Crippen LogP contribution in [0, 0.1) is 0 Å². The SMILES string of the molecule is O=C(N[C@@H]1CCOC[C@H]1O)c1cc(Cc2ccc(-c3cscn3)cc2)c2c(n1)CNCC2. The number of ether oxygens (including phenoxy) is 1. The lowest BCUT2D eigenvalue weighted by atomic mass is 9.93. The van der Waals surface area contributed by atoms with E-state index >= 15 is 0 Å². The van der Waals surface area contributed by atoms with Gasteiger partial charge in [-0.15, -0.1) is 11.3 Å². The molecular weight excluding hydrogens is 424 g/mol. The van der Waals surface area contributed by atoms with Crippen molar-refractivity contribution in [2.45, 2.75) is 38.0 Å². The van der Waals surface area contributed by atoms with Gasteiger partial charge in [-0.25, -0.2) is 9.97 Å². The summed E-state index contributed by atoms with van der Waals surface area (Å²) in [7, 11) is 0. The smallest absolute Gasteiger partial charge is 0.270 e. The van der Waals surface area contributed by atoms with Gasteiger partial charge in [0.2, 0.25) is 0 Å². The second-order valence-corrected chi connectivity index (χ2v) is 9.00. The molecule has 4 heterocycles. The Balaban J connectivity index is 1.39. The monoisotopic (exact) mass is 450 g/mol. The van der Waals surface area contributed by atoms with E-state index in [-0.39, 0.29) is 18.6 Å². The van der Waals surface area contributed by atoms with Gasteiger partial charge in [0, 0.05) is 24.1 Å². The molecule has 5 rings (SSSR count). The van der Waals surface area contributed by atoms with Crippen molar-refractivity contribution in [3.05, 3.63) is 69.3 Å². The molecule has 0 spiro atoms. The number of hydrogen-bond acceptors (Lipinski definition) is 7. The number of benzene rings is 1. The fraction of sp³-hybridized carbons (Fsp3) is 0.375. The topological polar surface area (TPSA) is 96.4 Å². The van der Waals surface area contributed by atoms with Gasteiger partial charge < -0.3 is 20.5 Å². The number of nitrogens with one attached hydrogen (secondary N) is 2. The first-order chi connectivity index (χ1) is 15.7. The summed E-state index contributed by atoms with van der Waals surface area (Å²) in [5.41, 5.74) is 8.82. The summed E-state index contributed by atoms with van der Waals surface area (Å²) in [5, 5.41) is 18.5. The Bertz CT molecular complexity index is 1090. The quantitative estimate of drug-likeness (QED) is 0.552. The first-order valence-electron chi connectivity index (χ1n) is 10.9. The average molecular weight is 451 g/mol. The van der Waals surface area contributed by atoms with Gasteiger partial charge in [0.05, 0.1) is 35.7 Å². The first-order valence-corrected chi connectivity index (χ1v) is 11.9. The minimum absolute atomic E-state index is 0.245. The molecular formula is C24H26N4O3S. The molecule has 0 unspecified atom stereocenters. The Hall–Kier alpha value is -2.65. The van der Waals surface area contributed by atoms with Crippen LogP contribution in [0.4, 0.5) is 0 Å². The summed E-state index contributed by atoms with van der Waals surface area (Å²) in [5.74, 6) is -0.246. The van der Waals surface area contributed by atoms with Crippen LogP contribution in [0.5, 0.6) is 0 Å². The van der Waals surface area contributed by atoms with E-state index in [1.165, 1.54) is 11.1 Å². The highest BCUT2D eigenvalue weighted by Crippen LogP contribution is 2.24. The Morgan fingerprint density at radius 3 is 2.97 bits per heavy atom. The summed E-state index contributed by atoms with van der Waals surface area (Å²) >= 11 is 1.59. The Morgan fingerprint density at radius 1 is 1.31 bits per heavy atom. The molecule has 0 radical (unpaired) electrons. The van der Waals surface area contributed by atoms with Crippen molar-refractivity contribution in [2.75, 3.05) is 19.8 Å². The molecule has 2 atom stereocenters. The van der Waals surface area contributed by atoms with Crippen LogP contribution >= 0.6 is 11.3 Å². The van der Waals surface area contributed by atoms with E-state index in [2.05, 4.69) is 44.9 Å². The Labute approximate surface area is 190 Å². The predicted octanol–water partition coefficient (Wildman–Crippen LogP) is 2.32. The maximum absolute atomic E-state index is 13.0. The van der Waals surface area contributed by atoms with Gasteiger partial charge in [-0.2, -0.15) is 0 Å². The van der Waals surface area contributed by atoms with Crippen molar-refractivity contribution < 1.29 is 14.6 Å². The third-order valence-electron chi connectivity index (χ3n) is 6.10. The molecule has 3 aromatic rings. The second kappa shape index (κ2) is 9.46.